The zero-order valence-electron chi connectivity index (χ0n) is 17.2. The summed E-state index contributed by atoms with van der Waals surface area (Å²) in [7, 11) is -3.67. The Hall–Kier alpha value is -2.55. The summed E-state index contributed by atoms with van der Waals surface area (Å²) in [6.45, 7) is 5.51. The molecule has 8 heteroatoms. The first-order valence-electron chi connectivity index (χ1n) is 9.98. The summed E-state index contributed by atoms with van der Waals surface area (Å²) < 4.78 is 32.3. The number of hydrogen-bond donors (Lipinski definition) is 1. The molecule has 0 radical (unpaired) electrons. The lowest BCUT2D eigenvalue weighted by Crippen LogP contribution is -2.40. The number of amides is 1. The van der Waals surface area contributed by atoms with Crippen molar-refractivity contribution in [2.75, 3.05) is 26.3 Å². The van der Waals surface area contributed by atoms with Gasteiger partial charge in [-0.25, -0.2) is 13.8 Å². The van der Waals surface area contributed by atoms with Gasteiger partial charge in [0.05, 0.1) is 23.8 Å². The van der Waals surface area contributed by atoms with Crippen LogP contribution in [-0.4, -0.2) is 50.6 Å². The van der Waals surface area contributed by atoms with Gasteiger partial charge in [0.25, 0.3) is 5.91 Å². The summed E-state index contributed by atoms with van der Waals surface area (Å²) in [6.07, 6.45) is 0.704. The molecule has 1 heterocycles. The van der Waals surface area contributed by atoms with Crippen LogP contribution in [0, 0.1) is 5.92 Å². The molecular formula is C22H27N3O4S. The first kappa shape index (κ1) is 22.1. The van der Waals surface area contributed by atoms with Gasteiger partial charge in [0, 0.05) is 18.7 Å². The molecule has 0 spiro atoms. The molecule has 1 aliphatic heterocycles. The zero-order chi connectivity index (χ0) is 21.6. The number of benzene rings is 2. The number of carbonyl (C=O) groups excluding carboxylic acids is 1. The number of ether oxygens (including phenoxy) is 1. The lowest BCUT2D eigenvalue weighted by Gasteiger charge is -2.26. The molecule has 2 aromatic carbocycles. The Labute approximate surface area is 177 Å². The number of nitrogens with zero attached hydrogens (tertiary/aromatic N) is 2. The van der Waals surface area contributed by atoms with Crippen LogP contribution in [0.5, 0.6) is 0 Å². The number of rotatable bonds is 7. The highest BCUT2D eigenvalue weighted by molar-refractivity contribution is 7.89. The van der Waals surface area contributed by atoms with Crippen molar-refractivity contribution in [2.45, 2.75) is 25.2 Å². The summed E-state index contributed by atoms with van der Waals surface area (Å²) in [5, 5.41) is 4.33. The number of morpholine rings is 1. The largest absolute Gasteiger partial charge is 0.379 e. The molecule has 1 amide bonds. The van der Waals surface area contributed by atoms with Crippen LogP contribution in [0.3, 0.4) is 0 Å². The lowest BCUT2D eigenvalue weighted by molar-refractivity contribution is 0.0730. The standard InChI is InChI=1S/C22H27N3O4S/c1-17(2)15-21(18-7-4-3-5-8-18)23-24-22(26)19-9-6-10-20(16-19)30(27,28)25-11-13-29-14-12-25/h3-10,16-17H,11-15H2,1-2H3,(H,24,26)/b23-21+. The molecule has 1 fully saturated rings. The van der Waals surface area contributed by atoms with Crippen LogP contribution >= 0.6 is 0 Å². The topological polar surface area (TPSA) is 88.1 Å². The van der Waals surface area contributed by atoms with E-state index in [2.05, 4.69) is 24.4 Å². The molecule has 1 saturated heterocycles. The molecule has 0 aromatic heterocycles. The first-order chi connectivity index (χ1) is 14.4. The number of nitrogens with one attached hydrogen (secondary N) is 1. The minimum atomic E-state index is -3.67. The SMILES string of the molecule is CC(C)C/C(=N\NC(=O)c1cccc(S(=O)(=O)N2CCOCC2)c1)c1ccccc1. The monoisotopic (exact) mass is 429 g/mol. The van der Waals surface area contributed by atoms with Crippen LogP contribution < -0.4 is 5.43 Å². The molecule has 0 atom stereocenters. The van der Waals surface area contributed by atoms with Gasteiger partial charge in [-0.3, -0.25) is 4.79 Å². The molecule has 0 aliphatic carbocycles. The van der Waals surface area contributed by atoms with Crippen LogP contribution in [0.15, 0.2) is 64.6 Å². The van der Waals surface area contributed by atoms with E-state index in [1.807, 2.05) is 30.3 Å². The van der Waals surface area contributed by atoms with Gasteiger partial charge in [0.1, 0.15) is 0 Å². The third-order valence-electron chi connectivity index (χ3n) is 4.71. The molecule has 1 N–H and O–H groups in total. The summed E-state index contributed by atoms with van der Waals surface area (Å²) in [4.78, 5) is 12.8. The van der Waals surface area contributed by atoms with Crippen molar-refractivity contribution in [2.24, 2.45) is 11.0 Å². The second kappa shape index (κ2) is 9.97. The van der Waals surface area contributed by atoms with E-state index in [0.29, 0.717) is 38.6 Å². The van der Waals surface area contributed by atoms with E-state index >= 15 is 0 Å². The maximum atomic E-state index is 12.8. The van der Waals surface area contributed by atoms with E-state index in [0.717, 1.165) is 11.3 Å². The maximum Gasteiger partial charge on any atom is 0.271 e. The lowest BCUT2D eigenvalue weighted by atomic mass is 10.0. The number of sulfonamides is 1. The van der Waals surface area contributed by atoms with Crippen molar-refractivity contribution in [3.05, 3.63) is 65.7 Å². The van der Waals surface area contributed by atoms with Crippen molar-refractivity contribution in [1.29, 1.82) is 0 Å². The third kappa shape index (κ3) is 5.53. The fourth-order valence-electron chi connectivity index (χ4n) is 3.16. The van der Waals surface area contributed by atoms with Gasteiger partial charge in [-0.15, -0.1) is 0 Å². The fourth-order valence-corrected chi connectivity index (χ4v) is 4.62. The van der Waals surface area contributed by atoms with E-state index in [4.69, 9.17) is 4.74 Å². The molecule has 2 aromatic rings. The molecular weight excluding hydrogens is 402 g/mol. The minimum Gasteiger partial charge on any atom is -0.379 e. The van der Waals surface area contributed by atoms with Gasteiger partial charge in [-0.05, 0) is 36.1 Å². The predicted octanol–water partition coefficient (Wildman–Crippen LogP) is 2.89. The number of carbonyl (C=O) groups is 1. The molecule has 160 valence electrons. The van der Waals surface area contributed by atoms with E-state index in [1.165, 1.54) is 16.4 Å². The van der Waals surface area contributed by atoms with Crippen molar-refractivity contribution in [1.82, 2.24) is 9.73 Å². The van der Waals surface area contributed by atoms with Gasteiger partial charge < -0.3 is 4.74 Å². The number of hydrazone groups is 1. The number of hydrogen-bond acceptors (Lipinski definition) is 5. The van der Waals surface area contributed by atoms with Gasteiger partial charge in [0.15, 0.2) is 0 Å². The Morgan fingerprint density at radius 1 is 1.07 bits per heavy atom. The second-order valence-electron chi connectivity index (χ2n) is 7.51. The Morgan fingerprint density at radius 2 is 1.73 bits per heavy atom. The maximum absolute atomic E-state index is 12.8. The second-order valence-corrected chi connectivity index (χ2v) is 9.45. The van der Waals surface area contributed by atoms with E-state index in [1.54, 1.807) is 12.1 Å². The molecule has 0 bridgehead atoms. The minimum absolute atomic E-state index is 0.0893. The van der Waals surface area contributed by atoms with Gasteiger partial charge in [-0.2, -0.15) is 9.41 Å². The van der Waals surface area contributed by atoms with Crippen molar-refractivity contribution in [3.63, 3.8) is 0 Å². The quantitative estimate of drug-likeness (QED) is 0.541. The predicted molar refractivity (Wildman–Crippen MR) is 116 cm³/mol. The molecule has 1 aliphatic rings. The normalized spacial score (nSPS) is 15.9. The highest BCUT2D eigenvalue weighted by atomic mass is 32.2. The third-order valence-corrected chi connectivity index (χ3v) is 6.60. The van der Waals surface area contributed by atoms with Gasteiger partial charge >= 0.3 is 0 Å². The fraction of sp³-hybridized carbons (Fsp3) is 0.364. The Bertz CT molecular complexity index is 998. The highest BCUT2D eigenvalue weighted by Crippen LogP contribution is 2.18. The molecule has 0 saturated carbocycles. The summed E-state index contributed by atoms with van der Waals surface area (Å²) >= 11 is 0. The van der Waals surface area contributed by atoms with Crippen LogP contribution in [0.2, 0.25) is 0 Å². The average molecular weight is 430 g/mol. The van der Waals surface area contributed by atoms with Crippen molar-refractivity contribution < 1.29 is 17.9 Å². The van der Waals surface area contributed by atoms with Crippen molar-refractivity contribution in [3.8, 4) is 0 Å². The highest BCUT2D eigenvalue weighted by Gasteiger charge is 2.26. The van der Waals surface area contributed by atoms with E-state index in [-0.39, 0.29) is 10.5 Å². The van der Waals surface area contributed by atoms with E-state index < -0.39 is 15.9 Å². The molecule has 30 heavy (non-hydrogen) atoms. The van der Waals surface area contributed by atoms with Crippen LogP contribution in [-0.2, 0) is 14.8 Å². The Morgan fingerprint density at radius 3 is 2.40 bits per heavy atom. The van der Waals surface area contributed by atoms with Crippen LogP contribution in [0.1, 0.15) is 36.2 Å². The van der Waals surface area contributed by atoms with Gasteiger partial charge in [-0.1, -0.05) is 50.2 Å². The van der Waals surface area contributed by atoms with Gasteiger partial charge in [0.2, 0.25) is 10.0 Å². The molecule has 7 nitrogen and oxygen atoms in total. The summed E-state index contributed by atoms with van der Waals surface area (Å²) in [5.74, 6) is -0.0888. The first-order valence-corrected chi connectivity index (χ1v) is 11.4. The van der Waals surface area contributed by atoms with Crippen LogP contribution in [0.25, 0.3) is 0 Å². The average Bonchev–Trinajstić information content (AvgIpc) is 2.77. The zero-order valence-corrected chi connectivity index (χ0v) is 18.1. The van der Waals surface area contributed by atoms with Crippen molar-refractivity contribution >= 4 is 21.6 Å². The Balaban J connectivity index is 1.79. The summed E-state index contributed by atoms with van der Waals surface area (Å²) in [6, 6.07) is 15.7. The molecule has 0 unspecified atom stereocenters. The molecule has 3 rings (SSSR count). The van der Waals surface area contributed by atoms with E-state index in [9.17, 15) is 13.2 Å². The Kier molecular flexibility index (Phi) is 7.36. The van der Waals surface area contributed by atoms with Crippen LogP contribution in [0.4, 0.5) is 0 Å². The summed E-state index contributed by atoms with van der Waals surface area (Å²) in [5.41, 5.74) is 4.54. The smallest absolute Gasteiger partial charge is 0.271 e.